The lowest BCUT2D eigenvalue weighted by molar-refractivity contribution is -0.119. The Kier molecular flexibility index (Phi) is 5.08. The van der Waals surface area contributed by atoms with Crippen LogP contribution in [0.15, 0.2) is 29.8 Å². The summed E-state index contributed by atoms with van der Waals surface area (Å²) < 4.78 is 0. The van der Waals surface area contributed by atoms with E-state index in [-0.39, 0.29) is 11.5 Å². The standard InChI is InChI=1S/C28H41NO/c1-27-15-6-5-7-21(27)10-13-23-24(27)14-16-28(2)25(23)18-20(26(28)30)17-19-8-11-22(12-9-19)29(3)4/h8-9,11-12,17,21,23-26,30H,5-7,10,13-16,18H2,1-4H3/b20-17+/t21-,23-,24+,25+,26+,27+,28+/m1/s1. The number of aliphatic hydroxyl groups excluding tert-OH is 1. The molecule has 0 unspecified atom stereocenters. The highest BCUT2D eigenvalue weighted by molar-refractivity contribution is 5.59. The smallest absolute Gasteiger partial charge is 0.0809 e. The Balaban J connectivity index is 1.41. The van der Waals surface area contributed by atoms with E-state index >= 15 is 0 Å². The molecule has 5 rings (SSSR count). The Morgan fingerprint density at radius 1 is 0.900 bits per heavy atom. The summed E-state index contributed by atoms with van der Waals surface area (Å²) >= 11 is 0. The van der Waals surface area contributed by atoms with E-state index < -0.39 is 0 Å². The van der Waals surface area contributed by atoms with Crippen molar-refractivity contribution in [3.05, 3.63) is 35.4 Å². The molecule has 0 spiro atoms. The van der Waals surface area contributed by atoms with Crippen LogP contribution in [0.1, 0.15) is 77.2 Å². The second-order valence-corrected chi connectivity index (χ2v) is 11.8. The van der Waals surface area contributed by atoms with E-state index in [9.17, 15) is 5.11 Å². The molecule has 1 aromatic carbocycles. The van der Waals surface area contributed by atoms with Gasteiger partial charge in [-0.25, -0.2) is 0 Å². The fraction of sp³-hybridized carbons (Fsp3) is 0.714. The molecule has 164 valence electrons. The molecule has 4 fully saturated rings. The van der Waals surface area contributed by atoms with E-state index in [1.54, 1.807) is 0 Å². The van der Waals surface area contributed by atoms with E-state index in [2.05, 4.69) is 63.2 Å². The van der Waals surface area contributed by atoms with Gasteiger partial charge in [0, 0.05) is 25.2 Å². The molecular formula is C28H41NO. The van der Waals surface area contributed by atoms with Crippen LogP contribution in [0.5, 0.6) is 0 Å². The van der Waals surface area contributed by atoms with Crippen LogP contribution in [0, 0.1) is 34.5 Å². The van der Waals surface area contributed by atoms with Crippen LogP contribution in [-0.2, 0) is 0 Å². The van der Waals surface area contributed by atoms with Gasteiger partial charge >= 0.3 is 0 Å². The number of anilines is 1. The predicted octanol–water partition coefficient (Wildman–Crippen LogP) is 6.54. The lowest BCUT2D eigenvalue weighted by atomic mass is 9.45. The summed E-state index contributed by atoms with van der Waals surface area (Å²) in [6.07, 6.45) is 14.3. The first-order valence-electron chi connectivity index (χ1n) is 12.5. The maximum Gasteiger partial charge on any atom is 0.0809 e. The van der Waals surface area contributed by atoms with Gasteiger partial charge in [-0.05, 0) is 97.3 Å². The fourth-order valence-electron chi connectivity index (χ4n) is 8.38. The summed E-state index contributed by atoms with van der Waals surface area (Å²) in [6, 6.07) is 8.78. The zero-order valence-corrected chi connectivity index (χ0v) is 19.5. The number of fused-ring (bicyclic) bond motifs is 5. The topological polar surface area (TPSA) is 23.5 Å². The number of hydrogen-bond donors (Lipinski definition) is 1. The summed E-state index contributed by atoms with van der Waals surface area (Å²) in [5, 5.41) is 11.5. The van der Waals surface area contributed by atoms with Gasteiger partial charge in [0.05, 0.1) is 6.10 Å². The molecule has 2 heteroatoms. The summed E-state index contributed by atoms with van der Waals surface area (Å²) in [5.41, 5.74) is 4.40. The van der Waals surface area contributed by atoms with Gasteiger partial charge < -0.3 is 10.0 Å². The van der Waals surface area contributed by atoms with Crippen molar-refractivity contribution in [3.63, 3.8) is 0 Å². The van der Waals surface area contributed by atoms with Crippen molar-refractivity contribution in [2.75, 3.05) is 19.0 Å². The van der Waals surface area contributed by atoms with Crippen molar-refractivity contribution in [1.29, 1.82) is 0 Å². The quantitative estimate of drug-likeness (QED) is 0.602. The van der Waals surface area contributed by atoms with Crippen LogP contribution in [0.2, 0.25) is 0 Å². The van der Waals surface area contributed by atoms with Crippen LogP contribution in [0.25, 0.3) is 6.08 Å². The molecule has 30 heavy (non-hydrogen) atoms. The number of hydrogen-bond acceptors (Lipinski definition) is 2. The SMILES string of the molecule is CN(C)c1ccc(/C=C2\C[C@H]3[C@@H]4CC[C@H]5CCCC[C@]5(C)[C@H]4CC[C@]3(C)[C@H]2O)cc1. The average molecular weight is 408 g/mol. The third-order valence-corrected chi connectivity index (χ3v) is 10.2. The lowest BCUT2D eigenvalue weighted by Gasteiger charge is -2.60. The average Bonchev–Trinajstić information content (AvgIpc) is 2.98. The van der Waals surface area contributed by atoms with Crippen molar-refractivity contribution in [3.8, 4) is 0 Å². The third-order valence-electron chi connectivity index (χ3n) is 10.2. The first-order valence-corrected chi connectivity index (χ1v) is 12.5. The second-order valence-electron chi connectivity index (χ2n) is 11.8. The molecule has 0 bridgehead atoms. The van der Waals surface area contributed by atoms with E-state index in [1.807, 2.05) is 0 Å². The van der Waals surface area contributed by atoms with Crippen molar-refractivity contribution in [1.82, 2.24) is 0 Å². The highest BCUT2D eigenvalue weighted by Crippen LogP contribution is 2.67. The maximum absolute atomic E-state index is 11.5. The van der Waals surface area contributed by atoms with Crippen molar-refractivity contribution < 1.29 is 5.11 Å². The summed E-state index contributed by atoms with van der Waals surface area (Å²) in [7, 11) is 4.16. The molecule has 0 heterocycles. The Bertz CT molecular complexity index is 810. The fourth-order valence-corrected chi connectivity index (χ4v) is 8.38. The van der Waals surface area contributed by atoms with Gasteiger partial charge in [0.1, 0.15) is 0 Å². The van der Waals surface area contributed by atoms with Gasteiger partial charge in [0.2, 0.25) is 0 Å². The zero-order chi connectivity index (χ0) is 21.1. The highest BCUT2D eigenvalue weighted by atomic mass is 16.3. The molecule has 0 radical (unpaired) electrons. The molecule has 0 amide bonds. The van der Waals surface area contributed by atoms with Crippen molar-refractivity contribution in [2.45, 2.75) is 77.7 Å². The number of benzene rings is 1. The van der Waals surface area contributed by atoms with E-state index in [1.165, 1.54) is 68.2 Å². The second kappa shape index (κ2) is 7.40. The molecular weight excluding hydrogens is 366 g/mol. The normalized spacial score (nSPS) is 44.3. The van der Waals surface area contributed by atoms with Crippen LogP contribution in [0.3, 0.4) is 0 Å². The number of aliphatic hydroxyl groups is 1. The molecule has 0 aromatic heterocycles. The number of nitrogens with zero attached hydrogens (tertiary/aromatic N) is 1. The predicted molar refractivity (Wildman–Crippen MR) is 126 cm³/mol. The van der Waals surface area contributed by atoms with Crippen LogP contribution in [-0.4, -0.2) is 25.3 Å². The highest BCUT2D eigenvalue weighted by Gasteiger charge is 2.60. The van der Waals surface area contributed by atoms with Gasteiger partial charge in [0.15, 0.2) is 0 Å². The molecule has 1 aromatic rings. The molecule has 7 atom stereocenters. The van der Waals surface area contributed by atoms with E-state index in [0.29, 0.717) is 11.3 Å². The molecule has 1 N–H and O–H groups in total. The number of rotatable bonds is 2. The monoisotopic (exact) mass is 407 g/mol. The van der Waals surface area contributed by atoms with Crippen molar-refractivity contribution in [2.24, 2.45) is 34.5 Å². The molecule has 2 nitrogen and oxygen atoms in total. The molecule has 4 saturated carbocycles. The van der Waals surface area contributed by atoms with Gasteiger partial charge in [-0.2, -0.15) is 0 Å². The van der Waals surface area contributed by atoms with E-state index in [0.717, 1.165) is 24.2 Å². The van der Waals surface area contributed by atoms with Gasteiger partial charge in [-0.1, -0.05) is 44.9 Å². The summed E-state index contributed by atoms with van der Waals surface area (Å²) in [6.45, 7) is 5.05. The van der Waals surface area contributed by atoms with Crippen LogP contribution in [0.4, 0.5) is 5.69 Å². The lowest BCUT2D eigenvalue weighted by Crippen LogP contribution is -2.53. The Hall–Kier alpha value is -1.28. The molecule has 0 aliphatic heterocycles. The summed E-state index contributed by atoms with van der Waals surface area (Å²) in [5.74, 6) is 3.34. The third kappa shape index (κ3) is 3.08. The first-order chi connectivity index (χ1) is 14.3. The Labute approximate surface area is 183 Å². The minimum atomic E-state index is -0.270. The molecule has 4 aliphatic carbocycles. The van der Waals surface area contributed by atoms with Crippen molar-refractivity contribution >= 4 is 11.8 Å². The Morgan fingerprint density at radius 3 is 2.40 bits per heavy atom. The van der Waals surface area contributed by atoms with Gasteiger partial charge in [-0.3, -0.25) is 0 Å². The zero-order valence-electron chi connectivity index (χ0n) is 19.5. The first kappa shape index (κ1) is 20.6. The van der Waals surface area contributed by atoms with Crippen LogP contribution >= 0.6 is 0 Å². The van der Waals surface area contributed by atoms with Crippen LogP contribution < -0.4 is 4.90 Å². The van der Waals surface area contributed by atoms with Gasteiger partial charge in [-0.15, -0.1) is 0 Å². The summed E-state index contributed by atoms with van der Waals surface area (Å²) in [4.78, 5) is 2.14. The largest absolute Gasteiger partial charge is 0.388 e. The molecule has 0 saturated heterocycles. The maximum atomic E-state index is 11.5. The van der Waals surface area contributed by atoms with E-state index in [4.69, 9.17) is 0 Å². The minimum Gasteiger partial charge on any atom is -0.388 e. The Morgan fingerprint density at radius 2 is 1.67 bits per heavy atom. The molecule has 4 aliphatic rings. The minimum absolute atomic E-state index is 0.0778. The van der Waals surface area contributed by atoms with Gasteiger partial charge in [0.25, 0.3) is 0 Å².